The summed E-state index contributed by atoms with van der Waals surface area (Å²) < 4.78 is 0. The van der Waals surface area contributed by atoms with Crippen molar-refractivity contribution >= 4 is 11.9 Å². The second-order valence-electron chi connectivity index (χ2n) is 5.06. The molecule has 1 atom stereocenters. The minimum absolute atomic E-state index is 0.138. The molecule has 0 aromatic heterocycles. The number of hydrogen-bond acceptors (Lipinski definition) is 4. The number of aliphatic carboxylic acids is 1. The number of phenolic OH excluding ortho intramolecular Hbond substituents is 1. The number of carbonyl (C=O) groups excluding carboxylic acids is 1. The van der Waals surface area contributed by atoms with Gasteiger partial charge in [0.15, 0.2) is 0 Å². The molecule has 0 aliphatic rings. The molecule has 6 nitrogen and oxygen atoms in total. The summed E-state index contributed by atoms with van der Waals surface area (Å²) in [5.41, 5.74) is 5.36. The lowest BCUT2D eigenvalue weighted by Gasteiger charge is -2.29. The first-order chi connectivity index (χ1) is 9.84. The molecule has 116 valence electrons. The van der Waals surface area contributed by atoms with Crippen LogP contribution in [0.4, 0.5) is 0 Å². The predicted octanol–water partition coefficient (Wildman–Crippen LogP) is 1.02. The van der Waals surface area contributed by atoms with E-state index in [9.17, 15) is 19.8 Å². The zero-order valence-electron chi connectivity index (χ0n) is 12.3. The Morgan fingerprint density at radius 2 is 1.76 bits per heavy atom. The van der Waals surface area contributed by atoms with Crippen LogP contribution in [0.2, 0.25) is 0 Å². The SMILES string of the molecule is CCC(CC)(NC(=O)C(N)Cc1ccc(O)cc1)C(=O)O. The van der Waals surface area contributed by atoms with E-state index in [1.807, 2.05) is 0 Å². The molecule has 5 N–H and O–H groups in total. The van der Waals surface area contributed by atoms with Crippen molar-refractivity contribution in [2.75, 3.05) is 0 Å². The molecule has 0 aliphatic heterocycles. The molecule has 1 amide bonds. The highest BCUT2D eigenvalue weighted by atomic mass is 16.4. The van der Waals surface area contributed by atoms with Crippen molar-refractivity contribution in [3.8, 4) is 5.75 Å². The topological polar surface area (TPSA) is 113 Å². The van der Waals surface area contributed by atoms with E-state index < -0.39 is 23.5 Å². The fraction of sp³-hybridized carbons (Fsp3) is 0.467. The van der Waals surface area contributed by atoms with E-state index in [1.165, 1.54) is 12.1 Å². The molecule has 0 bridgehead atoms. The Hall–Kier alpha value is -2.08. The van der Waals surface area contributed by atoms with Gasteiger partial charge in [-0.05, 0) is 37.0 Å². The number of amides is 1. The van der Waals surface area contributed by atoms with Crippen LogP contribution in [0, 0.1) is 0 Å². The van der Waals surface area contributed by atoms with Gasteiger partial charge in [0.05, 0.1) is 6.04 Å². The van der Waals surface area contributed by atoms with Crippen LogP contribution in [0.5, 0.6) is 5.75 Å². The molecule has 0 spiro atoms. The summed E-state index contributed by atoms with van der Waals surface area (Å²) in [5.74, 6) is -1.41. The number of carboxylic acids is 1. The van der Waals surface area contributed by atoms with Crippen molar-refractivity contribution < 1.29 is 19.8 Å². The van der Waals surface area contributed by atoms with Gasteiger partial charge in [-0.2, -0.15) is 0 Å². The van der Waals surface area contributed by atoms with Crippen molar-refractivity contribution in [1.29, 1.82) is 0 Å². The van der Waals surface area contributed by atoms with Crippen molar-refractivity contribution in [3.05, 3.63) is 29.8 Å². The smallest absolute Gasteiger partial charge is 0.329 e. The number of phenols is 1. The van der Waals surface area contributed by atoms with Crippen LogP contribution in [0.3, 0.4) is 0 Å². The highest BCUT2D eigenvalue weighted by molar-refractivity contribution is 5.89. The molecule has 1 unspecified atom stereocenters. The zero-order chi connectivity index (χ0) is 16.0. The second-order valence-corrected chi connectivity index (χ2v) is 5.06. The molecular weight excluding hydrogens is 272 g/mol. The zero-order valence-corrected chi connectivity index (χ0v) is 12.3. The lowest BCUT2D eigenvalue weighted by atomic mass is 9.92. The Balaban J connectivity index is 2.73. The molecule has 1 aromatic rings. The molecule has 0 aliphatic carbocycles. The lowest BCUT2D eigenvalue weighted by molar-refractivity contribution is -0.148. The monoisotopic (exact) mass is 294 g/mol. The van der Waals surface area contributed by atoms with E-state index in [1.54, 1.807) is 26.0 Å². The number of rotatable bonds is 7. The van der Waals surface area contributed by atoms with Gasteiger partial charge in [0.1, 0.15) is 11.3 Å². The first-order valence-electron chi connectivity index (χ1n) is 6.93. The maximum absolute atomic E-state index is 12.1. The molecule has 21 heavy (non-hydrogen) atoms. The normalized spacial score (nSPS) is 12.7. The van der Waals surface area contributed by atoms with Gasteiger partial charge in [0.25, 0.3) is 0 Å². The van der Waals surface area contributed by atoms with E-state index in [2.05, 4.69) is 5.32 Å². The molecular formula is C15H22N2O4. The Kier molecular flexibility index (Phi) is 5.72. The number of nitrogens with one attached hydrogen (secondary N) is 1. The van der Waals surface area contributed by atoms with Gasteiger partial charge >= 0.3 is 5.97 Å². The van der Waals surface area contributed by atoms with Gasteiger partial charge in [0, 0.05) is 0 Å². The number of hydrogen-bond donors (Lipinski definition) is 4. The van der Waals surface area contributed by atoms with Crippen molar-refractivity contribution in [1.82, 2.24) is 5.32 Å². The number of aromatic hydroxyl groups is 1. The van der Waals surface area contributed by atoms with Gasteiger partial charge in [0.2, 0.25) is 5.91 Å². The summed E-state index contributed by atoms with van der Waals surface area (Å²) in [6, 6.07) is 5.53. The molecule has 0 heterocycles. The lowest BCUT2D eigenvalue weighted by Crippen LogP contribution is -2.58. The Bertz CT molecular complexity index is 495. The summed E-state index contributed by atoms with van der Waals surface area (Å²) >= 11 is 0. The second kappa shape index (κ2) is 7.08. The van der Waals surface area contributed by atoms with Crippen LogP contribution in [0.1, 0.15) is 32.3 Å². The molecule has 1 rings (SSSR count). The number of benzene rings is 1. The van der Waals surface area contributed by atoms with Gasteiger partial charge in [-0.3, -0.25) is 4.79 Å². The third-order valence-corrected chi connectivity index (χ3v) is 3.71. The van der Waals surface area contributed by atoms with Crippen LogP contribution in [0.25, 0.3) is 0 Å². The highest BCUT2D eigenvalue weighted by Gasteiger charge is 2.37. The van der Waals surface area contributed by atoms with Crippen LogP contribution in [0.15, 0.2) is 24.3 Å². The van der Waals surface area contributed by atoms with Gasteiger partial charge < -0.3 is 21.3 Å². The third kappa shape index (κ3) is 4.19. The van der Waals surface area contributed by atoms with Crippen molar-refractivity contribution in [3.63, 3.8) is 0 Å². The summed E-state index contributed by atoms with van der Waals surface area (Å²) in [4.78, 5) is 23.5. The fourth-order valence-electron chi connectivity index (χ4n) is 2.09. The highest BCUT2D eigenvalue weighted by Crippen LogP contribution is 2.16. The summed E-state index contributed by atoms with van der Waals surface area (Å²) in [5, 5.41) is 21.0. The molecule has 1 aromatic carbocycles. The fourth-order valence-corrected chi connectivity index (χ4v) is 2.09. The van der Waals surface area contributed by atoms with E-state index in [4.69, 9.17) is 5.73 Å². The maximum atomic E-state index is 12.1. The minimum atomic E-state index is -1.27. The van der Waals surface area contributed by atoms with Gasteiger partial charge in [-0.25, -0.2) is 4.79 Å². The number of nitrogens with two attached hydrogens (primary N) is 1. The Morgan fingerprint density at radius 1 is 1.24 bits per heavy atom. The first-order valence-corrected chi connectivity index (χ1v) is 6.93. The van der Waals surface area contributed by atoms with E-state index in [0.717, 1.165) is 5.56 Å². The molecule has 0 saturated heterocycles. The minimum Gasteiger partial charge on any atom is -0.508 e. The predicted molar refractivity (Wildman–Crippen MR) is 78.9 cm³/mol. The van der Waals surface area contributed by atoms with Crippen LogP contribution < -0.4 is 11.1 Å². The summed E-state index contributed by atoms with van der Waals surface area (Å²) in [7, 11) is 0. The summed E-state index contributed by atoms with van der Waals surface area (Å²) in [6.07, 6.45) is 0.849. The number of carbonyl (C=O) groups is 2. The van der Waals surface area contributed by atoms with Crippen molar-refractivity contribution in [2.45, 2.75) is 44.7 Å². The van der Waals surface area contributed by atoms with E-state index >= 15 is 0 Å². The molecule has 0 radical (unpaired) electrons. The molecule has 0 fully saturated rings. The van der Waals surface area contributed by atoms with Gasteiger partial charge in [-0.1, -0.05) is 26.0 Å². The summed E-state index contributed by atoms with van der Waals surface area (Å²) in [6.45, 7) is 3.42. The van der Waals surface area contributed by atoms with Crippen LogP contribution in [-0.4, -0.2) is 33.7 Å². The maximum Gasteiger partial charge on any atom is 0.329 e. The Morgan fingerprint density at radius 3 is 2.19 bits per heavy atom. The van der Waals surface area contributed by atoms with Gasteiger partial charge in [-0.15, -0.1) is 0 Å². The quantitative estimate of drug-likeness (QED) is 0.600. The molecule has 0 saturated carbocycles. The number of carboxylic acid groups (broad SMARTS) is 1. The first kappa shape index (κ1) is 17.0. The Labute approximate surface area is 124 Å². The van der Waals surface area contributed by atoms with Crippen LogP contribution >= 0.6 is 0 Å². The standard InChI is InChI=1S/C15H22N2O4/c1-3-15(4-2,14(20)21)17-13(19)12(16)9-10-5-7-11(18)8-6-10/h5-8,12,18H,3-4,9,16H2,1-2H3,(H,17,19)(H,20,21). The largest absolute Gasteiger partial charge is 0.508 e. The third-order valence-electron chi connectivity index (χ3n) is 3.71. The van der Waals surface area contributed by atoms with E-state index in [0.29, 0.717) is 0 Å². The van der Waals surface area contributed by atoms with E-state index in [-0.39, 0.29) is 25.0 Å². The van der Waals surface area contributed by atoms with Crippen LogP contribution in [-0.2, 0) is 16.0 Å². The molecule has 6 heteroatoms. The average Bonchev–Trinajstić information content (AvgIpc) is 2.46. The average molecular weight is 294 g/mol. The van der Waals surface area contributed by atoms with Crippen molar-refractivity contribution in [2.24, 2.45) is 5.73 Å².